The van der Waals surface area contributed by atoms with Crippen molar-refractivity contribution in [3.63, 3.8) is 0 Å². The lowest BCUT2D eigenvalue weighted by Crippen LogP contribution is -2.37. The highest BCUT2D eigenvalue weighted by molar-refractivity contribution is 4.68. The first-order valence-corrected chi connectivity index (χ1v) is 7.10. The van der Waals surface area contributed by atoms with Gasteiger partial charge in [0, 0.05) is 13.2 Å². The second kappa shape index (κ2) is 11.9. The van der Waals surface area contributed by atoms with E-state index in [1.165, 1.54) is 19.3 Å². The monoisotopic (exact) mass is 262 g/mol. The average Bonchev–Trinajstić information content (AvgIpc) is 2.34. The summed E-state index contributed by atoms with van der Waals surface area (Å²) in [5.41, 5.74) is 0. The molecule has 0 bridgehead atoms. The molecule has 0 amide bonds. The van der Waals surface area contributed by atoms with E-state index in [-0.39, 0.29) is 13.2 Å². The molecule has 0 spiro atoms. The number of aliphatic hydroxyl groups excluding tert-OH is 2. The Kier molecular flexibility index (Phi) is 11.8. The molecule has 2 unspecified atom stereocenters. The summed E-state index contributed by atoms with van der Waals surface area (Å²) < 4.78 is 10.8. The Labute approximate surface area is 111 Å². The van der Waals surface area contributed by atoms with Crippen LogP contribution in [-0.2, 0) is 9.47 Å². The van der Waals surface area contributed by atoms with Crippen LogP contribution in [0.1, 0.15) is 46.5 Å². The first-order chi connectivity index (χ1) is 8.61. The Balaban J connectivity index is 3.60. The summed E-state index contributed by atoms with van der Waals surface area (Å²) in [6.07, 6.45) is 3.33. The molecule has 0 saturated heterocycles. The van der Waals surface area contributed by atoms with Gasteiger partial charge in [-0.3, -0.25) is 0 Å². The molecule has 4 heteroatoms. The van der Waals surface area contributed by atoms with E-state index in [0.29, 0.717) is 19.1 Å². The molecule has 0 aromatic rings. The van der Waals surface area contributed by atoms with E-state index < -0.39 is 12.2 Å². The van der Waals surface area contributed by atoms with Crippen LogP contribution in [0.5, 0.6) is 0 Å². The summed E-state index contributed by atoms with van der Waals surface area (Å²) in [5, 5.41) is 19.0. The van der Waals surface area contributed by atoms with Crippen LogP contribution in [0.4, 0.5) is 0 Å². The summed E-state index contributed by atoms with van der Waals surface area (Å²) >= 11 is 0. The Morgan fingerprint density at radius 2 is 1.78 bits per heavy atom. The van der Waals surface area contributed by atoms with E-state index in [1.807, 2.05) is 13.8 Å². The molecule has 0 saturated carbocycles. The molecular formula is C14H30O4. The number of aliphatic hydroxyl groups is 2. The molecular weight excluding hydrogens is 232 g/mol. The summed E-state index contributed by atoms with van der Waals surface area (Å²) in [6.45, 7) is 7.50. The van der Waals surface area contributed by atoms with Crippen LogP contribution in [0.25, 0.3) is 0 Å². The van der Waals surface area contributed by atoms with E-state index >= 15 is 0 Å². The predicted molar refractivity (Wildman–Crippen MR) is 72.6 cm³/mol. The van der Waals surface area contributed by atoms with Gasteiger partial charge in [-0.1, -0.05) is 40.0 Å². The summed E-state index contributed by atoms with van der Waals surface area (Å²) in [6, 6.07) is 0. The summed E-state index contributed by atoms with van der Waals surface area (Å²) in [7, 11) is 0. The lowest BCUT2D eigenvalue weighted by Gasteiger charge is -2.22. The smallest absolute Gasteiger partial charge is 0.109 e. The fourth-order valence-electron chi connectivity index (χ4n) is 1.54. The van der Waals surface area contributed by atoms with Crippen LogP contribution in [0, 0.1) is 5.92 Å². The van der Waals surface area contributed by atoms with Crippen molar-refractivity contribution >= 4 is 0 Å². The Morgan fingerprint density at radius 3 is 2.33 bits per heavy atom. The number of ether oxygens (including phenoxy) is 2. The molecule has 2 N–H and O–H groups in total. The van der Waals surface area contributed by atoms with Crippen molar-refractivity contribution in [2.75, 3.05) is 26.4 Å². The maximum absolute atomic E-state index is 9.81. The predicted octanol–water partition coefficient (Wildman–Crippen LogP) is 1.98. The minimum Gasteiger partial charge on any atom is -0.394 e. The highest BCUT2D eigenvalue weighted by atomic mass is 16.5. The zero-order valence-electron chi connectivity index (χ0n) is 12.1. The first-order valence-electron chi connectivity index (χ1n) is 7.10. The van der Waals surface area contributed by atoms with Gasteiger partial charge < -0.3 is 19.7 Å². The Morgan fingerprint density at radius 1 is 1.06 bits per heavy atom. The number of hydrogen-bond donors (Lipinski definition) is 2. The van der Waals surface area contributed by atoms with Gasteiger partial charge in [0.2, 0.25) is 0 Å². The quantitative estimate of drug-likeness (QED) is 0.528. The second-order valence-corrected chi connectivity index (χ2v) is 5.15. The lowest BCUT2D eigenvalue weighted by molar-refractivity contribution is -0.0960. The molecule has 0 radical (unpaired) electrons. The number of hydrogen-bond acceptors (Lipinski definition) is 4. The van der Waals surface area contributed by atoms with Crippen LogP contribution in [0.2, 0.25) is 0 Å². The average molecular weight is 262 g/mol. The maximum Gasteiger partial charge on any atom is 0.109 e. The van der Waals surface area contributed by atoms with Crippen molar-refractivity contribution in [3.8, 4) is 0 Å². The maximum atomic E-state index is 9.81. The first kappa shape index (κ1) is 17.8. The second-order valence-electron chi connectivity index (χ2n) is 5.15. The zero-order chi connectivity index (χ0) is 13.8. The van der Waals surface area contributed by atoms with E-state index in [0.717, 1.165) is 6.42 Å². The van der Waals surface area contributed by atoms with Crippen LogP contribution in [-0.4, -0.2) is 48.8 Å². The van der Waals surface area contributed by atoms with Gasteiger partial charge in [0.05, 0.1) is 13.2 Å². The molecule has 0 heterocycles. The molecule has 2 atom stereocenters. The highest BCUT2D eigenvalue weighted by Crippen LogP contribution is 2.05. The minimum absolute atomic E-state index is 0.174. The Hall–Kier alpha value is -0.160. The number of unbranched alkanes of at least 4 members (excludes halogenated alkanes) is 3. The molecule has 0 rings (SSSR count). The van der Waals surface area contributed by atoms with Gasteiger partial charge in [-0.2, -0.15) is 0 Å². The standard InChI is InChI=1S/C14H30O4/c1-4-5-6-7-8-17-11-13(16)14(9-15)18-10-12(2)3/h12-16H,4-11H2,1-3H3. The molecule has 110 valence electrons. The van der Waals surface area contributed by atoms with Gasteiger partial charge in [0.15, 0.2) is 0 Å². The van der Waals surface area contributed by atoms with E-state index in [2.05, 4.69) is 6.92 Å². The summed E-state index contributed by atoms with van der Waals surface area (Å²) in [5.74, 6) is 0.390. The van der Waals surface area contributed by atoms with Gasteiger partial charge >= 0.3 is 0 Å². The topological polar surface area (TPSA) is 58.9 Å². The SMILES string of the molecule is CCCCCCOCC(O)C(CO)OCC(C)C. The Bertz CT molecular complexity index is 173. The van der Waals surface area contributed by atoms with Gasteiger partial charge in [0.1, 0.15) is 12.2 Å². The van der Waals surface area contributed by atoms with E-state index in [4.69, 9.17) is 14.6 Å². The molecule has 0 aliphatic heterocycles. The van der Waals surface area contributed by atoms with Gasteiger partial charge in [-0.15, -0.1) is 0 Å². The van der Waals surface area contributed by atoms with Crippen LogP contribution < -0.4 is 0 Å². The third kappa shape index (κ3) is 9.83. The minimum atomic E-state index is -0.750. The van der Waals surface area contributed by atoms with Crippen LogP contribution >= 0.6 is 0 Å². The van der Waals surface area contributed by atoms with Gasteiger partial charge in [-0.25, -0.2) is 0 Å². The lowest BCUT2D eigenvalue weighted by atomic mass is 10.2. The molecule has 0 aromatic carbocycles. The van der Waals surface area contributed by atoms with Gasteiger partial charge in [-0.05, 0) is 12.3 Å². The third-order valence-electron chi connectivity index (χ3n) is 2.68. The van der Waals surface area contributed by atoms with Crippen molar-refractivity contribution in [2.45, 2.75) is 58.7 Å². The van der Waals surface area contributed by atoms with Crippen molar-refractivity contribution in [3.05, 3.63) is 0 Å². The number of rotatable bonds is 12. The van der Waals surface area contributed by atoms with Gasteiger partial charge in [0.25, 0.3) is 0 Å². The molecule has 0 aliphatic rings. The molecule has 4 nitrogen and oxygen atoms in total. The third-order valence-corrected chi connectivity index (χ3v) is 2.68. The van der Waals surface area contributed by atoms with Crippen molar-refractivity contribution in [1.29, 1.82) is 0 Å². The molecule has 0 fully saturated rings. The fraction of sp³-hybridized carbons (Fsp3) is 1.00. The fourth-order valence-corrected chi connectivity index (χ4v) is 1.54. The van der Waals surface area contributed by atoms with Crippen molar-refractivity contribution in [1.82, 2.24) is 0 Å². The normalized spacial score (nSPS) is 15.0. The molecule has 0 aromatic heterocycles. The van der Waals surface area contributed by atoms with Crippen molar-refractivity contribution < 1.29 is 19.7 Å². The van der Waals surface area contributed by atoms with Crippen LogP contribution in [0.15, 0.2) is 0 Å². The highest BCUT2D eigenvalue weighted by Gasteiger charge is 2.19. The van der Waals surface area contributed by atoms with Crippen molar-refractivity contribution in [2.24, 2.45) is 5.92 Å². The molecule has 0 aliphatic carbocycles. The largest absolute Gasteiger partial charge is 0.394 e. The zero-order valence-corrected chi connectivity index (χ0v) is 12.1. The summed E-state index contributed by atoms with van der Waals surface area (Å²) in [4.78, 5) is 0. The van der Waals surface area contributed by atoms with Crippen LogP contribution in [0.3, 0.4) is 0 Å². The van der Waals surface area contributed by atoms with E-state index in [1.54, 1.807) is 0 Å². The molecule has 18 heavy (non-hydrogen) atoms. The van der Waals surface area contributed by atoms with E-state index in [9.17, 15) is 5.11 Å².